The molecule has 0 radical (unpaired) electrons. The van der Waals surface area contributed by atoms with Gasteiger partial charge in [0.2, 0.25) is 5.91 Å². The highest BCUT2D eigenvalue weighted by atomic mass is 32.1. The number of carbonyl (C=O) groups excluding carboxylic acids is 6. The third kappa shape index (κ3) is 10.3. The van der Waals surface area contributed by atoms with Crippen LogP contribution in [0.3, 0.4) is 0 Å². The van der Waals surface area contributed by atoms with E-state index in [9.17, 15) is 39.1 Å². The van der Waals surface area contributed by atoms with Gasteiger partial charge in [0.25, 0.3) is 5.91 Å². The van der Waals surface area contributed by atoms with E-state index in [2.05, 4.69) is 4.98 Å². The predicted octanol–water partition coefficient (Wildman–Crippen LogP) is 3.47. The van der Waals surface area contributed by atoms with Crippen LogP contribution in [-0.4, -0.2) is 120 Å². The summed E-state index contributed by atoms with van der Waals surface area (Å²) in [5, 5.41) is 19.8. The van der Waals surface area contributed by atoms with Crippen molar-refractivity contribution in [1.82, 2.24) is 19.8 Å². The maximum absolute atomic E-state index is 13.4. The van der Waals surface area contributed by atoms with Crippen LogP contribution in [0.1, 0.15) is 65.3 Å². The van der Waals surface area contributed by atoms with E-state index in [1.54, 1.807) is 59.9 Å². The third-order valence-corrected chi connectivity index (χ3v) is 10.1. The number of ketones is 2. The summed E-state index contributed by atoms with van der Waals surface area (Å²) in [5.41, 5.74) is 1.09. The molecule has 2 heterocycles. The number of hydrogen-bond acceptors (Lipinski definition) is 14. The fraction of sp³-hybridized carbons (Fsp3) is 0.514. The fourth-order valence-electron chi connectivity index (χ4n) is 5.95. The van der Waals surface area contributed by atoms with Crippen molar-refractivity contribution >= 4 is 57.0 Å². The number of likely N-dealkylation sites (N-methyl/N-ethyl adjacent to an activating group) is 1. The topological polar surface area (TPSA) is 206 Å². The second kappa shape index (κ2) is 18.3. The molecule has 1 unspecified atom stereocenters. The Hall–Kier alpha value is -5.02. The Bertz CT molecular complexity index is 1910. The number of carbonyl (C=O) groups is 6. The number of fused-ring (bicyclic) bond motifs is 1. The summed E-state index contributed by atoms with van der Waals surface area (Å²) in [6.45, 7) is 8.95. The predicted molar refractivity (Wildman–Crippen MR) is 193 cm³/mol. The van der Waals surface area contributed by atoms with Gasteiger partial charge in [-0.2, -0.15) is 5.26 Å². The molecular formula is C37H45N5O11S. The molecule has 4 rings (SSSR count). The van der Waals surface area contributed by atoms with Crippen molar-refractivity contribution in [3.05, 3.63) is 45.5 Å². The second-order valence-corrected chi connectivity index (χ2v) is 14.6. The number of amides is 3. The Morgan fingerprint density at radius 3 is 2.35 bits per heavy atom. The SMILES string of the molecule is CC1=C(C)C(=O)C(C(C)(C)CC(=O)N(C)CCN(CCOCCOCCC(=O)ON2C(=O)CCC2O)C(=O)Oc2ccc3nc(C#N)sc3c2)=C(C)C1=O. The van der Waals surface area contributed by atoms with Crippen LogP contribution in [0.5, 0.6) is 5.75 Å². The Balaban J connectivity index is 1.31. The van der Waals surface area contributed by atoms with Gasteiger partial charge in [0.05, 0.1) is 43.1 Å². The number of ether oxygens (including phenoxy) is 3. The Morgan fingerprint density at radius 2 is 1.69 bits per heavy atom. The van der Waals surface area contributed by atoms with Crippen molar-refractivity contribution in [2.24, 2.45) is 5.41 Å². The van der Waals surface area contributed by atoms with E-state index in [0.717, 1.165) is 11.3 Å². The minimum Gasteiger partial charge on any atom is -0.410 e. The molecule has 54 heavy (non-hydrogen) atoms. The molecule has 1 N–H and O–H groups in total. The van der Waals surface area contributed by atoms with Crippen molar-refractivity contribution in [3.8, 4) is 11.8 Å². The van der Waals surface area contributed by atoms with Crippen LogP contribution in [0.2, 0.25) is 0 Å². The molecule has 0 bridgehead atoms. The van der Waals surface area contributed by atoms with E-state index in [4.69, 9.17) is 19.0 Å². The van der Waals surface area contributed by atoms with Crippen molar-refractivity contribution < 1.29 is 52.9 Å². The van der Waals surface area contributed by atoms with Crippen LogP contribution >= 0.6 is 11.3 Å². The molecule has 1 aromatic heterocycles. The molecule has 1 aromatic carbocycles. The number of thiazole rings is 1. The van der Waals surface area contributed by atoms with Crippen molar-refractivity contribution in [2.45, 2.75) is 66.5 Å². The van der Waals surface area contributed by atoms with Gasteiger partial charge < -0.3 is 34.0 Å². The highest BCUT2D eigenvalue weighted by molar-refractivity contribution is 7.19. The average molecular weight is 768 g/mol. The zero-order valence-electron chi connectivity index (χ0n) is 31.3. The molecule has 3 amide bonds. The maximum Gasteiger partial charge on any atom is 0.415 e. The minimum atomic E-state index is -1.15. The largest absolute Gasteiger partial charge is 0.415 e. The van der Waals surface area contributed by atoms with E-state index in [0.29, 0.717) is 37.6 Å². The summed E-state index contributed by atoms with van der Waals surface area (Å²) < 4.78 is 17.4. The number of benzene rings is 1. The van der Waals surface area contributed by atoms with E-state index < -0.39 is 29.6 Å². The molecule has 1 aliphatic heterocycles. The molecule has 0 spiro atoms. The van der Waals surface area contributed by atoms with Gasteiger partial charge in [-0.3, -0.25) is 19.2 Å². The number of aliphatic hydroxyl groups excluding tert-OH is 1. The standard InChI is InChI=1S/C37H45N5O11S/c1-22-23(2)35(48)33(24(3)34(22)47)37(4,5)20-31(45)40(6)12-13-41(36(49)52-25-7-8-26-27(19-25)54-28(21-38)39-26)14-16-51-18-17-50-15-11-32(46)53-42-29(43)9-10-30(42)44/h7-8,19,29,43H,9-18,20H2,1-6H3. The zero-order chi connectivity index (χ0) is 39.7. The van der Waals surface area contributed by atoms with E-state index >= 15 is 0 Å². The number of Topliss-reactive ketones (excluding diaryl/α,β-unsaturated/α-hetero) is 2. The van der Waals surface area contributed by atoms with Crippen LogP contribution < -0.4 is 4.74 Å². The molecule has 290 valence electrons. The molecule has 2 aliphatic rings. The summed E-state index contributed by atoms with van der Waals surface area (Å²) in [4.78, 5) is 88.4. The molecule has 1 saturated heterocycles. The highest BCUT2D eigenvalue weighted by Crippen LogP contribution is 2.39. The fourth-order valence-corrected chi connectivity index (χ4v) is 6.74. The molecule has 17 heteroatoms. The first-order chi connectivity index (χ1) is 25.5. The lowest BCUT2D eigenvalue weighted by Gasteiger charge is -2.33. The van der Waals surface area contributed by atoms with Crippen LogP contribution in [0.25, 0.3) is 10.2 Å². The van der Waals surface area contributed by atoms with Gasteiger partial charge in [0.15, 0.2) is 22.8 Å². The molecular weight excluding hydrogens is 722 g/mol. The number of aromatic nitrogens is 1. The Morgan fingerprint density at radius 1 is 1.00 bits per heavy atom. The molecule has 16 nitrogen and oxygen atoms in total. The van der Waals surface area contributed by atoms with Gasteiger partial charge in [-0.05, 0) is 32.9 Å². The first kappa shape index (κ1) is 41.7. The zero-order valence-corrected chi connectivity index (χ0v) is 32.1. The van der Waals surface area contributed by atoms with Gasteiger partial charge in [0.1, 0.15) is 11.8 Å². The molecule has 1 fully saturated rings. The van der Waals surface area contributed by atoms with Crippen LogP contribution in [0.4, 0.5) is 4.79 Å². The van der Waals surface area contributed by atoms with Gasteiger partial charge in [-0.1, -0.05) is 13.8 Å². The number of nitriles is 1. The Labute approximate surface area is 316 Å². The lowest BCUT2D eigenvalue weighted by molar-refractivity contribution is -0.221. The van der Waals surface area contributed by atoms with Crippen molar-refractivity contribution in [3.63, 3.8) is 0 Å². The summed E-state index contributed by atoms with van der Waals surface area (Å²) in [6.07, 6.45) is -1.76. The van der Waals surface area contributed by atoms with Gasteiger partial charge >= 0.3 is 12.1 Å². The summed E-state index contributed by atoms with van der Waals surface area (Å²) in [5.74, 6) is -1.70. The molecule has 2 aromatic rings. The third-order valence-electron chi connectivity index (χ3n) is 9.17. The van der Waals surface area contributed by atoms with Crippen molar-refractivity contribution in [1.29, 1.82) is 5.26 Å². The molecule has 1 aliphatic carbocycles. The first-order valence-electron chi connectivity index (χ1n) is 17.4. The van der Waals surface area contributed by atoms with E-state index in [1.165, 1.54) is 9.80 Å². The monoisotopic (exact) mass is 767 g/mol. The normalized spacial score (nSPS) is 16.3. The van der Waals surface area contributed by atoms with Gasteiger partial charge in [0, 0.05) is 79.7 Å². The van der Waals surface area contributed by atoms with Crippen LogP contribution in [-0.2, 0) is 38.3 Å². The molecule has 0 saturated carbocycles. The van der Waals surface area contributed by atoms with Gasteiger partial charge in [-0.15, -0.1) is 16.4 Å². The maximum atomic E-state index is 13.4. The van der Waals surface area contributed by atoms with Gasteiger partial charge in [-0.25, -0.2) is 14.6 Å². The van der Waals surface area contributed by atoms with E-state index in [1.807, 2.05) is 6.07 Å². The number of aliphatic hydroxyl groups is 1. The second-order valence-electron chi connectivity index (χ2n) is 13.6. The summed E-state index contributed by atoms with van der Waals surface area (Å²) in [6, 6.07) is 6.82. The number of allylic oxidation sites excluding steroid dienone is 4. The quantitative estimate of drug-likeness (QED) is 0.181. The first-order valence-corrected chi connectivity index (χ1v) is 18.2. The van der Waals surface area contributed by atoms with E-state index in [-0.39, 0.29) is 100.0 Å². The number of nitrogens with zero attached hydrogens (tertiary/aromatic N) is 5. The smallest absolute Gasteiger partial charge is 0.410 e. The average Bonchev–Trinajstić information content (AvgIpc) is 3.69. The Kier molecular flexibility index (Phi) is 14.2. The van der Waals surface area contributed by atoms with Crippen LogP contribution in [0, 0.1) is 16.7 Å². The number of hydroxylamine groups is 2. The van der Waals surface area contributed by atoms with Crippen molar-refractivity contribution in [2.75, 3.05) is 53.1 Å². The number of hydrogen-bond donors (Lipinski definition) is 1. The summed E-state index contributed by atoms with van der Waals surface area (Å²) >= 11 is 1.16. The lowest BCUT2D eigenvalue weighted by Crippen LogP contribution is -2.43. The minimum absolute atomic E-state index is 0.00677. The van der Waals surface area contributed by atoms with Crippen LogP contribution in [0.15, 0.2) is 40.5 Å². The lowest BCUT2D eigenvalue weighted by atomic mass is 9.71. The highest BCUT2D eigenvalue weighted by Gasteiger charge is 2.39. The summed E-state index contributed by atoms with van der Waals surface area (Å²) in [7, 11) is 1.59. The molecule has 1 atom stereocenters. The number of rotatable bonds is 17.